The van der Waals surface area contributed by atoms with E-state index in [4.69, 9.17) is 14.5 Å². The van der Waals surface area contributed by atoms with Crippen molar-refractivity contribution in [1.82, 2.24) is 30.3 Å². The number of nitrogens with one attached hydrogen (secondary N) is 2. The second-order valence-electron chi connectivity index (χ2n) is 8.04. The molecule has 0 atom stereocenters. The average Bonchev–Trinajstić information content (AvgIpc) is 3.04. The lowest BCUT2D eigenvalue weighted by atomic mass is 10.1. The number of rotatable bonds is 12. The lowest BCUT2D eigenvalue weighted by Crippen LogP contribution is -2.49. The molecule has 180 valence electrons. The summed E-state index contributed by atoms with van der Waals surface area (Å²) in [5, 5.41) is 15.4. The van der Waals surface area contributed by atoms with Crippen molar-refractivity contribution < 1.29 is 9.47 Å². The number of hydrogen-bond donors (Lipinski definition) is 2. The van der Waals surface area contributed by atoms with Crippen LogP contribution in [0, 0.1) is 6.92 Å². The molecule has 1 fully saturated rings. The van der Waals surface area contributed by atoms with Gasteiger partial charge in [0.2, 0.25) is 0 Å². The van der Waals surface area contributed by atoms with Crippen LogP contribution in [-0.2, 0) is 23.1 Å². The summed E-state index contributed by atoms with van der Waals surface area (Å²) >= 11 is 0. The van der Waals surface area contributed by atoms with Gasteiger partial charge in [-0.2, -0.15) is 0 Å². The van der Waals surface area contributed by atoms with E-state index in [1.54, 1.807) is 0 Å². The first kappa shape index (κ1) is 28.1. The third-order valence-electron chi connectivity index (χ3n) is 5.31. The van der Waals surface area contributed by atoms with Crippen molar-refractivity contribution in [3.63, 3.8) is 0 Å². The Hall–Kier alpha value is -0.980. The lowest BCUT2D eigenvalue weighted by molar-refractivity contribution is 0.0532. The Morgan fingerprint density at radius 3 is 2.58 bits per heavy atom. The average molecular weight is 552 g/mol. The van der Waals surface area contributed by atoms with Gasteiger partial charge in [-0.15, -0.1) is 34.2 Å². The zero-order chi connectivity index (χ0) is 21.8. The smallest absolute Gasteiger partial charge is 0.191 e. The molecule has 0 unspecified atom stereocenters. The van der Waals surface area contributed by atoms with Gasteiger partial charge in [-0.05, 0) is 47.0 Å². The molecule has 1 aliphatic rings. The van der Waals surface area contributed by atoms with Crippen molar-refractivity contribution in [3.8, 4) is 0 Å². The Balaban J connectivity index is 0.00000480. The van der Waals surface area contributed by atoms with E-state index < -0.39 is 0 Å². The Morgan fingerprint density at radius 1 is 1.23 bits per heavy atom. The summed E-state index contributed by atoms with van der Waals surface area (Å²) in [6, 6.07) is 0.423. The maximum atomic E-state index is 5.68. The van der Waals surface area contributed by atoms with Crippen LogP contribution >= 0.6 is 24.0 Å². The first-order valence-corrected chi connectivity index (χ1v) is 11.3. The lowest BCUT2D eigenvalue weighted by Gasteiger charge is -2.33. The van der Waals surface area contributed by atoms with Crippen LogP contribution in [0.1, 0.15) is 51.7 Å². The van der Waals surface area contributed by atoms with Gasteiger partial charge in [0.15, 0.2) is 11.8 Å². The maximum absolute atomic E-state index is 5.68. The third-order valence-corrected chi connectivity index (χ3v) is 5.31. The van der Waals surface area contributed by atoms with Gasteiger partial charge in [-0.3, -0.25) is 0 Å². The summed E-state index contributed by atoms with van der Waals surface area (Å²) < 4.78 is 13.1. The Labute approximate surface area is 204 Å². The van der Waals surface area contributed by atoms with Crippen LogP contribution in [0.3, 0.4) is 0 Å². The molecule has 0 amide bonds. The summed E-state index contributed by atoms with van der Waals surface area (Å²) in [6.07, 6.45) is 3.45. The van der Waals surface area contributed by atoms with Crippen molar-refractivity contribution in [2.75, 3.05) is 46.0 Å². The molecular weight excluding hydrogens is 509 g/mol. The fourth-order valence-corrected chi connectivity index (χ4v) is 3.33. The fourth-order valence-electron chi connectivity index (χ4n) is 3.33. The molecule has 0 saturated carbocycles. The number of hydrogen-bond acceptors (Lipinski definition) is 6. The van der Waals surface area contributed by atoms with Gasteiger partial charge in [0.05, 0.1) is 12.7 Å². The standard InChI is InChI=1S/C21H41N7O2.HI/c1-6-29-14-7-10-22-21(23-16-20-26-25-18(4)27(20)5)24-19-8-11-28(12-9-19)13-15-30-17(2)3;/h17,19H,6-16H2,1-5H3,(H2,22,23,24);1H. The number of ether oxygens (including phenoxy) is 2. The highest BCUT2D eigenvalue weighted by Gasteiger charge is 2.20. The third kappa shape index (κ3) is 10.9. The van der Waals surface area contributed by atoms with Gasteiger partial charge in [-0.1, -0.05) is 0 Å². The van der Waals surface area contributed by atoms with Crippen LogP contribution in [-0.4, -0.2) is 83.8 Å². The van der Waals surface area contributed by atoms with Gasteiger partial charge in [-0.25, -0.2) is 4.99 Å². The van der Waals surface area contributed by atoms with Crippen molar-refractivity contribution in [1.29, 1.82) is 0 Å². The minimum atomic E-state index is 0. The van der Waals surface area contributed by atoms with E-state index in [1.807, 2.05) is 25.5 Å². The van der Waals surface area contributed by atoms with Gasteiger partial charge in [0.25, 0.3) is 0 Å². The Kier molecular flexibility index (Phi) is 14.3. The molecule has 1 aromatic heterocycles. The topological polar surface area (TPSA) is 88.8 Å². The van der Waals surface area contributed by atoms with Crippen LogP contribution in [0.25, 0.3) is 0 Å². The van der Waals surface area contributed by atoms with Crippen LogP contribution in [0.5, 0.6) is 0 Å². The van der Waals surface area contributed by atoms with Gasteiger partial charge >= 0.3 is 0 Å². The van der Waals surface area contributed by atoms with Crippen molar-refractivity contribution in [2.45, 2.75) is 65.6 Å². The molecule has 1 aliphatic heterocycles. The molecule has 2 N–H and O–H groups in total. The minimum absolute atomic E-state index is 0. The van der Waals surface area contributed by atoms with Crippen LogP contribution in [0.4, 0.5) is 0 Å². The van der Waals surface area contributed by atoms with Gasteiger partial charge < -0.3 is 29.6 Å². The van der Waals surface area contributed by atoms with Crippen molar-refractivity contribution >= 4 is 29.9 Å². The SMILES string of the molecule is CCOCCCNC(=NCc1nnc(C)n1C)NC1CCN(CCOC(C)C)CC1.I. The molecule has 0 spiro atoms. The van der Waals surface area contributed by atoms with E-state index in [-0.39, 0.29) is 24.0 Å². The second-order valence-corrected chi connectivity index (χ2v) is 8.04. The number of likely N-dealkylation sites (tertiary alicyclic amines) is 1. The molecule has 31 heavy (non-hydrogen) atoms. The summed E-state index contributed by atoms with van der Waals surface area (Å²) in [7, 11) is 1.97. The van der Waals surface area contributed by atoms with Gasteiger partial charge in [0, 0.05) is 52.5 Å². The highest BCUT2D eigenvalue weighted by atomic mass is 127. The fraction of sp³-hybridized carbons (Fsp3) is 0.857. The van der Waals surface area contributed by atoms with E-state index >= 15 is 0 Å². The Morgan fingerprint density at radius 2 is 1.97 bits per heavy atom. The van der Waals surface area contributed by atoms with E-state index in [1.165, 1.54) is 0 Å². The molecule has 0 aromatic carbocycles. The van der Waals surface area contributed by atoms with E-state index in [9.17, 15) is 0 Å². The van der Waals surface area contributed by atoms with E-state index in [0.29, 0.717) is 18.7 Å². The molecule has 9 nitrogen and oxygen atoms in total. The monoisotopic (exact) mass is 551 g/mol. The molecule has 0 aliphatic carbocycles. The minimum Gasteiger partial charge on any atom is -0.382 e. The maximum Gasteiger partial charge on any atom is 0.191 e. The van der Waals surface area contributed by atoms with Gasteiger partial charge in [0.1, 0.15) is 12.4 Å². The number of piperidine rings is 1. The number of aromatic nitrogens is 3. The van der Waals surface area contributed by atoms with Crippen LogP contribution < -0.4 is 10.6 Å². The summed E-state index contributed by atoms with van der Waals surface area (Å²) in [5.41, 5.74) is 0. The molecule has 10 heteroatoms. The summed E-state index contributed by atoms with van der Waals surface area (Å²) in [5.74, 6) is 2.60. The summed E-state index contributed by atoms with van der Waals surface area (Å²) in [4.78, 5) is 7.25. The summed E-state index contributed by atoms with van der Waals surface area (Å²) in [6.45, 7) is 15.0. The highest BCUT2D eigenvalue weighted by molar-refractivity contribution is 14.0. The molecule has 2 heterocycles. The molecule has 1 aromatic rings. The number of aryl methyl sites for hydroxylation is 1. The van der Waals surface area contributed by atoms with E-state index in [2.05, 4.69) is 39.6 Å². The van der Waals surface area contributed by atoms with Crippen LogP contribution in [0.2, 0.25) is 0 Å². The van der Waals surface area contributed by atoms with Crippen LogP contribution in [0.15, 0.2) is 4.99 Å². The zero-order valence-corrected chi connectivity index (χ0v) is 22.2. The zero-order valence-electron chi connectivity index (χ0n) is 19.9. The molecule has 0 radical (unpaired) electrons. The number of halogens is 1. The first-order valence-electron chi connectivity index (χ1n) is 11.3. The number of nitrogens with zero attached hydrogens (tertiary/aromatic N) is 5. The van der Waals surface area contributed by atoms with Crippen molar-refractivity contribution in [3.05, 3.63) is 11.6 Å². The largest absolute Gasteiger partial charge is 0.382 e. The normalized spacial score (nSPS) is 15.9. The predicted octanol–water partition coefficient (Wildman–Crippen LogP) is 2.09. The van der Waals surface area contributed by atoms with E-state index in [0.717, 1.165) is 82.9 Å². The number of guanidine groups is 1. The molecule has 2 rings (SSSR count). The number of aliphatic imine (C=N–C) groups is 1. The second kappa shape index (κ2) is 15.8. The quantitative estimate of drug-likeness (QED) is 0.178. The Bertz CT molecular complexity index is 631. The predicted molar refractivity (Wildman–Crippen MR) is 135 cm³/mol. The highest BCUT2D eigenvalue weighted by Crippen LogP contribution is 2.10. The molecule has 0 bridgehead atoms. The molecular formula is C21H42IN7O2. The van der Waals surface area contributed by atoms with Crippen molar-refractivity contribution in [2.24, 2.45) is 12.0 Å². The molecule has 1 saturated heterocycles. The first-order chi connectivity index (χ1) is 14.5.